The number of nitrogens with zero attached hydrogens (tertiary/aromatic N) is 2. The molecule has 1 atom stereocenters. The summed E-state index contributed by atoms with van der Waals surface area (Å²) in [5, 5.41) is 10.3. The minimum Gasteiger partial charge on any atom is -0.477 e. The molecule has 1 aliphatic heterocycles. The molecule has 0 saturated carbocycles. The molecule has 1 fully saturated rings. The summed E-state index contributed by atoms with van der Waals surface area (Å²) in [6.07, 6.45) is 3.63. The van der Waals surface area contributed by atoms with Gasteiger partial charge in [0.25, 0.3) is 0 Å². The van der Waals surface area contributed by atoms with Crippen LogP contribution in [0.4, 0.5) is 5.69 Å². The van der Waals surface area contributed by atoms with E-state index < -0.39 is 5.97 Å². The highest BCUT2D eigenvalue weighted by Crippen LogP contribution is 2.32. The first kappa shape index (κ1) is 13.9. The van der Waals surface area contributed by atoms with Crippen molar-refractivity contribution in [2.24, 2.45) is 5.92 Å². The van der Waals surface area contributed by atoms with Crippen LogP contribution in [0.25, 0.3) is 10.9 Å². The molecule has 1 N–H and O–H groups in total. The lowest BCUT2D eigenvalue weighted by atomic mass is 10.0. The summed E-state index contributed by atoms with van der Waals surface area (Å²) in [7, 11) is 0. The summed E-state index contributed by atoms with van der Waals surface area (Å²) in [5.74, 6) is -0.249. The minimum absolute atomic E-state index is 0.127. The van der Waals surface area contributed by atoms with Gasteiger partial charge in [0.1, 0.15) is 0 Å². The maximum absolute atomic E-state index is 11.3. The zero-order valence-corrected chi connectivity index (χ0v) is 12.2. The van der Waals surface area contributed by atoms with E-state index in [1.165, 1.54) is 19.3 Å². The van der Waals surface area contributed by atoms with Crippen molar-refractivity contribution in [1.29, 1.82) is 0 Å². The van der Waals surface area contributed by atoms with Gasteiger partial charge in [-0.25, -0.2) is 9.78 Å². The molecule has 0 aliphatic carbocycles. The molecule has 0 spiro atoms. The van der Waals surface area contributed by atoms with E-state index in [2.05, 4.69) is 16.8 Å². The maximum atomic E-state index is 11.3. The number of pyridine rings is 1. The van der Waals surface area contributed by atoms with Gasteiger partial charge in [0.05, 0.1) is 5.52 Å². The van der Waals surface area contributed by atoms with Crippen molar-refractivity contribution < 1.29 is 9.90 Å². The van der Waals surface area contributed by atoms with Gasteiger partial charge in [-0.3, -0.25) is 0 Å². The second-order valence-corrected chi connectivity index (χ2v) is 5.74. The minimum atomic E-state index is -0.966. The zero-order chi connectivity index (χ0) is 14.8. The normalized spacial score (nSPS) is 18.3. The highest BCUT2D eigenvalue weighted by molar-refractivity contribution is 5.97. The third-order valence-electron chi connectivity index (χ3n) is 4.24. The molecule has 1 aliphatic rings. The largest absolute Gasteiger partial charge is 0.477 e. The van der Waals surface area contributed by atoms with Crippen LogP contribution < -0.4 is 4.90 Å². The monoisotopic (exact) mass is 284 g/mol. The second kappa shape index (κ2) is 5.72. The molecule has 4 heteroatoms. The first-order valence-corrected chi connectivity index (χ1v) is 7.57. The molecule has 2 aromatic rings. The summed E-state index contributed by atoms with van der Waals surface area (Å²) in [6, 6.07) is 9.50. The number of aromatic carboxylic acids is 1. The van der Waals surface area contributed by atoms with Gasteiger partial charge in [0, 0.05) is 24.2 Å². The first-order valence-electron chi connectivity index (χ1n) is 7.57. The molecule has 3 rings (SSSR count). The summed E-state index contributed by atoms with van der Waals surface area (Å²) in [5.41, 5.74) is 1.89. The van der Waals surface area contributed by atoms with Crippen LogP contribution in [0.1, 0.15) is 36.7 Å². The molecule has 0 radical (unpaired) electrons. The summed E-state index contributed by atoms with van der Waals surface area (Å²) < 4.78 is 0. The number of benzene rings is 1. The fraction of sp³-hybridized carbons (Fsp3) is 0.412. The first-order chi connectivity index (χ1) is 10.2. The Balaban J connectivity index is 2.02. The molecular formula is C17H20N2O2. The quantitative estimate of drug-likeness (QED) is 0.932. The van der Waals surface area contributed by atoms with Crippen molar-refractivity contribution in [2.75, 3.05) is 18.0 Å². The molecular weight excluding hydrogens is 264 g/mol. The van der Waals surface area contributed by atoms with Gasteiger partial charge in [0.2, 0.25) is 0 Å². The van der Waals surface area contributed by atoms with Crippen molar-refractivity contribution in [2.45, 2.75) is 26.2 Å². The fourth-order valence-electron chi connectivity index (χ4n) is 3.22. The van der Waals surface area contributed by atoms with E-state index in [1.54, 1.807) is 6.07 Å². The Bertz CT molecular complexity index is 669. The van der Waals surface area contributed by atoms with Gasteiger partial charge in [-0.05, 0) is 30.9 Å². The average Bonchev–Trinajstić information content (AvgIpc) is 2.95. The predicted molar refractivity (Wildman–Crippen MR) is 83.9 cm³/mol. The lowest BCUT2D eigenvalue weighted by Crippen LogP contribution is -2.20. The van der Waals surface area contributed by atoms with Crippen LogP contribution in [0.2, 0.25) is 0 Å². The van der Waals surface area contributed by atoms with Crippen LogP contribution in [0.15, 0.2) is 30.3 Å². The number of carboxylic acid groups (broad SMARTS) is 1. The second-order valence-electron chi connectivity index (χ2n) is 5.74. The maximum Gasteiger partial charge on any atom is 0.354 e. The SMILES string of the molecule is CCCC1CCN(c2cc(C(=O)O)nc3ccccc23)C1. The lowest BCUT2D eigenvalue weighted by Gasteiger charge is -2.21. The predicted octanol–water partition coefficient (Wildman–Crippen LogP) is 3.56. The standard InChI is InChI=1S/C17H20N2O2/c1-2-5-12-8-9-19(11-12)16-10-15(17(20)21)18-14-7-4-3-6-13(14)16/h3-4,6-7,10,12H,2,5,8-9,11H2,1H3,(H,20,21). The number of carbonyl (C=O) groups is 1. The summed E-state index contributed by atoms with van der Waals surface area (Å²) in [4.78, 5) is 17.8. The topological polar surface area (TPSA) is 53.4 Å². The number of fused-ring (bicyclic) bond motifs is 1. The molecule has 1 aromatic carbocycles. The van der Waals surface area contributed by atoms with Crippen molar-refractivity contribution in [3.63, 3.8) is 0 Å². The Morgan fingerprint density at radius 3 is 3.00 bits per heavy atom. The Labute approximate surface area is 124 Å². The Morgan fingerprint density at radius 2 is 2.24 bits per heavy atom. The van der Waals surface area contributed by atoms with Gasteiger partial charge in [-0.1, -0.05) is 31.5 Å². The fourth-order valence-corrected chi connectivity index (χ4v) is 3.22. The summed E-state index contributed by atoms with van der Waals surface area (Å²) >= 11 is 0. The van der Waals surface area contributed by atoms with E-state index in [0.29, 0.717) is 0 Å². The van der Waals surface area contributed by atoms with Gasteiger partial charge in [0.15, 0.2) is 5.69 Å². The molecule has 1 aromatic heterocycles. The number of carboxylic acids is 1. The molecule has 0 bridgehead atoms. The Kier molecular flexibility index (Phi) is 3.78. The van der Waals surface area contributed by atoms with E-state index in [-0.39, 0.29) is 5.69 Å². The van der Waals surface area contributed by atoms with Crippen LogP contribution in [0.5, 0.6) is 0 Å². The molecule has 2 heterocycles. The van der Waals surface area contributed by atoms with Gasteiger partial charge in [-0.15, -0.1) is 0 Å². The number of rotatable bonds is 4. The van der Waals surface area contributed by atoms with Gasteiger partial charge in [-0.2, -0.15) is 0 Å². The lowest BCUT2D eigenvalue weighted by molar-refractivity contribution is 0.0691. The molecule has 1 saturated heterocycles. The van der Waals surface area contributed by atoms with Crippen molar-refractivity contribution >= 4 is 22.6 Å². The number of hydrogen-bond donors (Lipinski definition) is 1. The molecule has 110 valence electrons. The van der Waals surface area contributed by atoms with Crippen LogP contribution in [-0.2, 0) is 0 Å². The number of anilines is 1. The van der Waals surface area contributed by atoms with E-state index >= 15 is 0 Å². The third kappa shape index (κ3) is 2.71. The highest BCUT2D eigenvalue weighted by atomic mass is 16.4. The molecule has 21 heavy (non-hydrogen) atoms. The number of hydrogen-bond acceptors (Lipinski definition) is 3. The molecule has 1 unspecified atom stereocenters. The zero-order valence-electron chi connectivity index (χ0n) is 12.2. The smallest absolute Gasteiger partial charge is 0.354 e. The van der Waals surface area contributed by atoms with Crippen LogP contribution in [-0.4, -0.2) is 29.1 Å². The number of aromatic nitrogens is 1. The molecule has 4 nitrogen and oxygen atoms in total. The Morgan fingerprint density at radius 1 is 1.43 bits per heavy atom. The summed E-state index contributed by atoms with van der Waals surface area (Å²) in [6.45, 7) is 4.23. The van der Waals surface area contributed by atoms with Gasteiger partial charge < -0.3 is 10.0 Å². The van der Waals surface area contributed by atoms with Crippen LogP contribution in [0.3, 0.4) is 0 Å². The highest BCUT2D eigenvalue weighted by Gasteiger charge is 2.24. The van der Waals surface area contributed by atoms with Crippen molar-refractivity contribution in [1.82, 2.24) is 4.98 Å². The Hall–Kier alpha value is -2.10. The van der Waals surface area contributed by atoms with Crippen molar-refractivity contribution in [3.8, 4) is 0 Å². The van der Waals surface area contributed by atoms with E-state index in [1.807, 2.05) is 24.3 Å². The van der Waals surface area contributed by atoms with Crippen LogP contribution in [0, 0.1) is 5.92 Å². The van der Waals surface area contributed by atoms with Gasteiger partial charge >= 0.3 is 5.97 Å². The van der Waals surface area contributed by atoms with E-state index in [4.69, 9.17) is 0 Å². The number of para-hydroxylation sites is 1. The average molecular weight is 284 g/mol. The van der Waals surface area contributed by atoms with Crippen molar-refractivity contribution in [3.05, 3.63) is 36.0 Å². The van der Waals surface area contributed by atoms with E-state index in [9.17, 15) is 9.90 Å². The third-order valence-corrected chi connectivity index (χ3v) is 4.24. The van der Waals surface area contributed by atoms with Crippen LogP contribution >= 0.6 is 0 Å². The van der Waals surface area contributed by atoms with E-state index in [0.717, 1.165) is 35.6 Å². The molecule has 0 amide bonds.